The summed E-state index contributed by atoms with van der Waals surface area (Å²) in [6.45, 7) is -0.336. The molecule has 2 aromatic rings. The lowest BCUT2D eigenvalue weighted by atomic mass is 10.00. The molecule has 0 saturated heterocycles. The number of nitrogens with one attached hydrogen (secondary N) is 1. The second-order valence-corrected chi connectivity index (χ2v) is 5.59. The summed E-state index contributed by atoms with van der Waals surface area (Å²) in [5.74, 6) is -0.491. The lowest BCUT2D eigenvalue weighted by molar-refractivity contribution is -0.130. The summed E-state index contributed by atoms with van der Waals surface area (Å²) in [5, 5.41) is 21.9. The van der Waals surface area contributed by atoms with Crippen molar-refractivity contribution in [2.24, 2.45) is 0 Å². The van der Waals surface area contributed by atoms with Gasteiger partial charge in [0.2, 0.25) is 5.78 Å². The van der Waals surface area contributed by atoms with Crippen molar-refractivity contribution >= 4 is 5.78 Å². The van der Waals surface area contributed by atoms with Gasteiger partial charge in [0.15, 0.2) is 5.76 Å². The van der Waals surface area contributed by atoms with E-state index in [4.69, 9.17) is 9.84 Å². The van der Waals surface area contributed by atoms with Crippen molar-refractivity contribution in [3.05, 3.63) is 83.7 Å². The number of hydrogen-bond donors (Lipinski definition) is 3. The summed E-state index contributed by atoms with van der Waals surface area (Å²) in [4.78, 5) is 12.3. The lowest BCUT2D eigenvalue weighted by Crippen LogP contribution is -2.49. The second-order valence-electron chi connectivity index (χ2n) is 5.59. The predicted octanol–water partition coefficient (Wildman–Crippen LogP) is 1.53. The van der Waals surface area contributed by atoms with Crippen LogP contribution in [-0.4, -0.2) is 34.7 Å². The van der Waals surface area contributed by atoms with Gasteiger partial charge in [-0.2, -0.15) is 0 Å². The first-order valence-corrected chi connectivity index (χ1v) is 7.76. The lowest BCUT2D eigenvalue weighted by Gasteiger charge is -2.29. The first-order valence-electron chi connectivity index (χ1n) is 7.76. The van der Waals surface area contributed by atoms with E-state index in [0.717, 1.165) is 11.1 Å². The Morgan fingerprint density at radius 2 is 1.54 bits per heavy atom. The molecule has 0 radical (unpaired) electrons. The van der Waals surface area contributed by atoms with Crippen molar-refractivity contribution in [1.82, 2.24) is 5.32 Å². The number of benzene rings is 2. The number of aliphatic hydroxyl groups is 2. The molecule has 3 rings (SSSR count). The summed E-state index contributed by atoms with van der Waals surface area (Å²) < 4.78 is 5.95. The van der Waals surface area contributed by atoms with Crippen LogP contribution in [0.5, 0.6) is 0 Å². The Balaban J connectivity index is 1.91. The SMILES string of the molecule is O=C1C(OC(c2ccccc2)c2ccccc2)=CNC(CO)C1O. The second kappa shape index (κ2) is 7.29. The number of ketones is 1. The maximum Gasteiger partial charge on any atom is 0.229 e. The monoisotopic (exact) mass is 325 g/mol. The van der Waals surface area contributed by atoms with Gasteiger partial charge in [0.1, 0.15) is 12.2 Å². The van der Waals surface area contributed by atoms with Crippen LogP contribution in [0.1, 0.15) is 17.2 Å². The van der Waals surface area contributed by atoms with E-state index in [1.54, 1.807) is 0 Å². The topological polar surface area (TPSA) is 78.8 Å². The molecular weight excluding hydrogens is 306 g/mol. The highest BCUT2D eigenvalue weighted by molar-refractivity contribution is 5.98. The number of aliphatic hydroxyl groups excluding tert-OH is 2. The van der Waals surface area contributed by atoms with Crippen molar-refractivity contribution in [3.63, 3.8) is 0 Å². The van der Waals surface area contributed by atoms with Gasteiger partial charge in [-0.1, -0.05) is 60.7 Å². The zero-order chi connectivity index (χ0) is 16.9. The first-order chi connectivity index (χ1) is 11.7. The average molecular weight is 325 g/mol. The predicted molar refractivity (Wildman–Crippen MR) is 88.9 cm³/mol. The van der Waals surface area contributed by atoms with Gasteiger partial charge in [-0.3, -0.25) is 4.79 Å². The van der Waals surface area contributed by atoms with Crippen LogP contribution in [0.3, 0.4) is 0 Å². The molecule has 2 aromatic carbocycles. The molecule has 0 amide bonds. The molecular formula is C19H19NO4. The zero-order valence-corrected chi connectivity index (χ0v) is 13.0. The molecule has 5 heteroatoms. The molecule has 0 aromatic heterocycles. The van der Waals surface area contributed by atoms with Gasteiger partial charge in [-0.25, -0.2) is 0 Å². The number of carbonyl (C=O) groups excluding carboxylic acids is 1. The van der Waals surface area contributed by atoms with E-state index in [2.05, 4.69) is 5.32 Å². The highest BCUT2D eigenvalue weighted by Gasteiger charge is 2.34. The molecule has 0 spiro atoms. The van der Waals surface area contributed by atoms with Crippen LogP contribution in [0.2, 0.25) is 0 Å². The van der Waals surface area contributed by atoms with Crippen LogP contribution in [-0.2, 0) is 9.53 Å². The van der Waals surface area contributed by atoms with Crippen molar-refractivity contribution in [2.75, 3.05) is 6.61 Å². The fraction of sp³-hybridized carbons (Fsp3) is 0.211. The number of hydrogen-bond acceptors (Lipinski definition) is 5. The van der Waals surface area contributed by atoms with Crippen LogP contribution in [0.4, 0.5) is 0 Å². The quantitative estimate of drug-likeness (QED) is 0.777. The van der Waals surface area contributed by atoms with Gasteiger partial charge in [-0.05, 0) is 11.1 Å². The summed E-state index contributed by atoms with van der Waals surface area (Å²) in [7, 11) is 0. The molecule has 124 valence electrons. The van der Waals surface area contributed by atoms with E-state index < -0.39 is 24.0 Å². The van der Waals surface area contributed by atoms with Gasteiger partial charge in [0.05, 0.1) is 12.6 Å². The minimum absolute atomic E-state index is 0.0462. The van der Waals surface area contributed by atoms with Crippen LogP contribution < -0.4 is 5.32 Å². The van der Waals surface area contributed by atoms with Crippen LogP contribution in [0.15, 0.2) is 72.6 Å². The molecule has 1 aliphatic rings. The summed E-state index contributed by atoms with van der Waals surface area (Å²) in [5.41, 5.74) is 1.80. The third kappa shape index (κ3) is 3.32. The maximum absolute atomic E-state index is 12.3. The fourth-order valence-electron chi connectivity index (χ4n) is 2.63. The first kappa shape index (κ1) is 16.2. The Morgan fingerprint density at radius 1 is 1.00 bits per heavy atom. The smallest absolute Gasteiger partial charge is 0.229 e. The van der Waals surface area contributed by atoms with E-state index in [-0.39, 0.29) is 12.4 Å². The third-order valence-electron chi connectivity index (χ3n) is 3.97. The molecule has 3 N–H and O–H groups in total. The van der Waals surface area contributed by atoms with E-state index >= 15 is 0 Å². The summed E-state index contributed by atoms with van der Waals surface area (Å²) >= 11 is 0. The van der Waals surface area contributed by atoms with E-state index in [1.165, 1.54) is 6.20 Å². The molecule has 24 heavy (non-hydrogen) atoms. The molecule has 0 fully saturated rings. The van der Waals surface area contributed by atoms with Crippen LogP contribution >= 0.6 is 0 Å². The van der Waals surface area contributed by atoms with Crippen molar-refractivity contribution in [2.45, 2.75) is 18.2 Å². The molecule has 5 nitrogen and oxygen atoms in total. The van der Waals surface area contributed by atoms with E-state index in [9.17, 15) is 9.90 Å². The van der Waals surface area contributed by atoms with Crippen molar-refractivity contribution in [1.29, 1.82) is 0 Å². The van der Waals surface area contributed by atoms with E-state index in [0.29, 0.717) is 0 Å². The Labute approximate surface area is 140 Å². The van der Waals surface area contributed by atoms with Gasteiger partial charge in [0, 0.05) is 6.20 Å². The molecule has 2 atom stereocenters. The van der Waals surface area contributed by atoms with Crippen molar-refractivity contribution < 1.29 is 19.7 Å². The fourth-order valence-corrected chi connectivity index (χ4v) is 2.63. The van der Waals surface area contributed by atoms with Crippen LogP contribution in [0.25, 0.3) is 0 Å². The van der Waals surface area contributed by atoms with Gasteiger partial charge in [0.25, 0.3) is 0 Å². The third-order valence-corrected chi connectivity index (χ3v) is 3.97. The zero-order valence-electron chi connectivity index (χ0n) is 13.0. The number of ether oxygens (including phenoxy) is 1. The van der Waals surface area contributed by atoms with Gasteiger partial charge in [-0.15, -0.1) is 0 Å². The molecule has 0 aliphatic carbocycles. The largest absolute Gasteiger partial charge is 0.476 e. The number of carbonyl (C=O) groups is 1. The normalized spacial score (nSPS) is 20.5. The molecule has 0 bridgehead atoms. The Hall–Kier alpha value is -2.63. The maximum atomic E-state index is 12.3. The Morgan fingerprint density at radius 3 is 2.04 bits per heavy atom. The van der Waals surface area contributed by atoms with Crippen molar-refractivity contribution in [3.8, 4) is 0 Å². The van der Waals surface area contributed by atoms with E-state index in [1.807, 2.05) is 60.7 Å². The minimum atomic E-state index is -1.33. The summed E-state index contributed by atoms with van der Waals surface area (Å²) in [6, 6.07) is 18.4. The summed E-state index contributed by atoms with van der Waals surface area (Å²) in [6.07, 6.45) is -0.390. The van der Waals surface area contributed by atoms with Crippen LogP contribution in [0, 0.1) is 0 Å². The Kier molecular flexibility index (Phi) is 4.93. The average Bonchev–Trinajstić information content (AvgIpc) is 2.64. The standard InChI is InChI=1S/C19H19NO4/c21-12-15-17(22)18(23)16(11-20-15)24-19(13-7-3-1-4-8-13)14-9-5-2-6-10-14/h1-11,15,17,19-22H,12H2. The Bertz CT molecular complexity index is 675. The molecule has 1 aliphatic heterocycles. The highest BCUT2D eigenvalue weighted by atomic mass is 16.5. The molecule has 2 unspecified atom stereocenters. The van der Waals surface area contributed by atoms with Gasteiger partial charge < -0.3 is 20.3 Å². The minimum Gasteiger partial charge on any atom is -0.476 e. The molecule has 0 saturated carbocycles. The number of rotatable bonds is 5. The highest BCUT2D eigenvalue weighted by Crippen LogP contribution is 2.29. The number of Topliss-reactive ketones (excluding diaryl/α,β-unsaturated/α-hetero) is 1. The van der Waals surface area contributed by atoms with Gasteiger partial charge >= 0.3 is 0 Å². The molecule has 1 heterocycles.